The van der Waals surface area contributed by atoms with Gasteiger partial charge in [-0.1, -0.05) is 36.4 Å². The molecule has 0 aliphatic carbocycles. The molecule has 2 aromatic heterocycles. The number of rotatable bonds is 7. The third-order valence-electron chi connectivity index (χ3n) is 4.03. The first kappa shape index (κ1) is 17.1. The van der Waals surface area contributed by atoms with Crippen molar-refractivity contribution in [2.24, 2.45) is 0 Å². The second kappa shape index (κ2) is 8.40. The summed E-state index contributed by atoms with van der Waals surface area (Å²) in [6.45, 7) is 2.73. The quantitative estimate of drug-likeness (QED) is 0.628. The lowest BCUT2D eigenvalue weighted by Crippen LogP contribution is -2.32. The van der Waals surface area contributed by atoms with Crippen LogP contribution in [0.1, 0.15) is 29.7 Å². The van der Waals surface area contributed by atoms with E-state index in [-0.39, 0.29) is 6.04 Å². The Morgan fingerprint density at radius 3 is 2.21 bits per heavy atom. The molecular weight excluding hydrogens is 334 g/mol. The molecule has 3 rings (SSSR count). The highest BCUT2D eigenvalue weighted by atomic mass is 32.1. The third kappa shape index (κ3) is 4.22. The minimum Gasteiger partial charge on any atom is -0.387 e. The molecule has 0 aliphatic rings. The minimum atomic E-state index is -0.509. The lowest BCUT2D eigenvalue weighted by molar-refractivity contribution is 0.138. The molecule has 0 unspecified atom stereocenters. The van der Waals surface area contributed by atoms with Gasteiger partial charge in [0.05, 0.1) is 6.10 Å². The van der Waals surface area contributed by atoms with Gasteiger partial charge in [-0.05, 0) is 62.8 Å². The zero-order chi connectivity index (χ0) is 16.8. The van der Waals surface area contributed by atoms with Crippen LogP contribution in [0.5, 0.6) is 0 Å². The smallest absolute Gasteiger partial charge is 0.0940 e. The third-order valence-corrected chi connectivity index (χ3v) is 5.39. The summed E-state index contributed by atoms with van der Waals surface area (Å²) in [5, 5.41) is 22.4. The van der Waals surface area contributed by atoms with E-state index in [9.17, 15) is 5.11 Å². The topological polar surface area (TPSA) is 32.3 Å². The number of benzene rings is 1. The van der Waals surface area contributed by atoms with Crippen LogP contribution in [0.15, 0.2) is 70.1 Å². The van der Waals surface area contributed by atoms with E-state index in [1.54, 1.807) is 22.7 Å². The molecule has 0 saturated carbocycles. The molecule has 0 aliphatic heterocycles. The minimum absolute atomic E-state index is 0.0187. The number of nitrogens with one attached hydrogen (secondary N) is 1. The van der Waals surface area contributed by atoms with E-state index in [0.29, 0.717) is 6.54 Å². The molecule has 0 saturated heterocycles. The Balaban J connectivity index is 1.67. The Bertz CT molecular complexity index is 712. The predicted molar refractivity (Wildman–Crippen MR) is 105 cm³/mol. The summed E-state index contributed by atoms with van der Waals surface area (Å²) < 4.78 is 0. The molecule has 2 nitrogen and oxygen atoms in total. The lowest BCUT2D eigenvalue weighted by atomic mass is 10.0. The van der Waals surface area contributed by atoms with Gasteiger partial charge in [0.1, 0.15) is 0 Å². The van der Waals surface area contributed by atoms with Gasteiger partial charge in [-0.15, -0.1) is 0 Å². The number of hydrogen-bond donors (Lipinski definition) is 2. The molecule has 0 amide bonds. The monoisotopic (exact) mass is 355 g/mol. The SMILES string of the molecule is C[C@@H](NCC=C(c1ccsc1)c1ccsc1)[C@@H](O)c1ccccc1. The van der Waals surface area contributed by atoms with Crippen LogP contribution >= 0.6 is 22.7 Å². The van der Waals surface area contributed by atoms with Crippen molar-refractivity contribution in [3.05, 3.63) is 86.8 Å². The summed E-state index contributed by atoms with van der Waals surface area (Å²) in [7, 11) is 0. The fraction of sp³-hybridized carbons (Fsp3) is 0.200. The highest BCUT2D eigenvalue weighted by molar-refractivity contribution is 7.08. The fourth-order valence-corrected chi connectivity index (χ4v) is 3.95. The van der Waals surface area contributed by atoms with Crippen molar-refractivity contribution in [1.29, 1.82) is 0 Å². The van der Waals surface area contributed by atoms with Crippen LogP contribution in [-0.4, -0.2) is 17.7 Å². The lowest BCUT2D eigenvalue weighted by Gasteiger charge is -2.20. The van der Waals surface area contributed by atoms with Crippen molar-refractivity contribution >= 4 is 28.2 Å². The standard InChI is InChI=1S/C20H21NOS2/c1-15(20(22)16-5-3-2-4-6-16)21-10-7-19(17-8-11-23-13-17)18-9-12-24-14-18/h2-9,11-15,20-22H,10H2,1H3/t15-,20-/m1/s1. The number of thiophene rings is 2. The zero-order valence-corrected chi connectivity index (χ0v) is 15.2. The summed E-state index contributed by atoms with van der Waals surface area (Å²) in [5.41, 5.74) is 4.68. The van der Waals surface area contributed by atoms with Gasteiger partial charge < -0.3 is 10.4 Å². The predicted octanol–water partition coefficient (Wildman–Crippen LogP) is 4.95. The fourth-order valence-electron chi connectivity index (χ4n) is 2.64. The zero-order valence-electron chi connectivity index (χ0n) is 13.6. The second-order valence-corrected chi connectivity index (χ2v) is 7.25. The van der Waals surface area contributed by atoms with E-state index in [0.717, 1.165) is 5.56 Å². The van der Waals surface area contributed by atoms with Gasteiger partial charge in [0.2, 0.25) is 0 Å². The van der Waals surface area contributed by atoms with Gasteiger partial charge in [-0.2, -0.15) is 22.7 Å². The van der Waals surface area contributed by atoms with Crippen LogP contribution in [0.2, 0.25) is 0 Å². The van der Waals surface area contributed by atoms with Gasteiger partial charge in [0, 0.05) is 12.6 Å². The number of aliphatic hydroxyl groups excluding tert-OH is 1. The van der Waals surface area contributed by atoms with Gasteiger partial charge >= 0.3 is 0 Å². The molecule has 3 aromatic rings. The van der Waals surface area contributed by atoms with Crippen LogP contribution in [0.4, 0.5) is 0 Å². The van der Waals surface area contributed by atoms with E-state index in [2.05, 4.69) is 45.0 Å². The number of hydrogen-bond acceptors (Lipinski definition) is 4. The summed E-state index contributed by atoms with van der Waals surface area (Å²) in [5.74, 6) is 0. The highest BCUT2D eigenvalue weighted by Gasteiger charge is 2.15. The van der Waals surface area contributed by atoms with E-state index in [4.69, 9.17) is 0 Å². The molecule has 24 heavy (non-hydrogen) atoms. The van der Waals surface area contributed by atoms with E-state index < -0.39 is 6.10 Å². The van der Waals surface area contributed by atoms with Crippen molar-refractivity contribution in [2.75, 3.05) is 6.54 Å². The molecular formula is C20H21NOS2. The average molecular weight is 356 g/mol. The molecule has 0 fully saturated rings. The second-order valence-electron chi connectivity index (χ2n) is 5.69. The largest absolute Gasteiger partial charge is 0.387 e. The Morgan fingerprint density at radius 1 is 1.04 bits per heavy atom. The van der Waals surface area contributed by atoms with Crippen LogP contribution in [0.25, 0.3) is 5.57 Å². The average Bonchev–Trinajstić information content (AvgIpc) is 3.32. The molecule has 0 radical (unpaired) electrons. The maximum atomic E-state index is 10.4. The van der Waals surface area contributed by atoms with Crippen molar-refractivity contribution in [3.63, 3.8) is 0 Å². The Morgan fingerprint density at radius 2 is 1.67 bits per heavy atom. The molecule has 2 atom stereocenters. The van der Waals surface area contributed by atoms with Gasteiger partial charge in [0.25, 0.3) is 0 Å². The summed E-state index contributed by atoms with van der Waals surface area (Å²) >= 11 is 3.42. The van der Waals surface area contributed by atoms with Crippen molar-refractivity contribution in [1.82, 2.24) is 5.32 Å². The first-order valence-corrected chi connectivity index (χ1v) is 9.86. The highest BCUT2D eigenvalue weighted by Crippen LogP contribution is 2.26. The Labute approximate surface area is 151 Å². The Kier molecular flexibility index (Phi) is 5.99. The van der Waals surface area contributed by atoms with E-state index >= 15 is 0 Å². The van der Waals surface area contributed by atoms with E-state index in [1.807, 2.05) is 37.3 Å². The summed E-state index contributed by atoms with van der Waals surface area (Å²) in [6, 6.07) is 14.1. The first-order valence-electron chi connectivity index (χ1n) is 7.97. The molecule has 1 aromatic carbocycles. The normalized spacial score (nSPS) is 13.4. The Hall–Kier alpha value is -1.72. The maximum Gasteiger partial charge on any atom is 0.0940 e. The first-order chi connectivity index (χ1) is 11.8. The van der Waals surface area contributed by atoms with Gasteiger partial charge in [-0.25, -0.2) is 0 Å². The maximum absolute atomic E-state index is 10.4. The summed E-state index contributed by atoms with van der Waals surface area (Å²) in [4.78, 5) is 0. The molecule has 2 N–H and O–H groups in total. The van der Waals surface area contributed by atoms with Crippen LogP contribution in [-0.2, 0) is 0 Å². The molecule has 0 bridgehead atoms. The van der Waals surface area contributed by atoms with Crippen molar-refractivity contribution in [3.8, 4) is 0 Å². The molecule has 124 valence electrons. The molecule has 2 heterocycles. The van der Waals surface area contributed by atoms with Crippen molar-refractivity contribution < 1.29 is 5.11 Å². The number of aliphatic hydroxyl groups is 1. The van der Waals surface area contributed by atoms with Crippen LogP contribution in [0.3, 0.4) is 0 Å². The van der Waals surface area contributed by atoms with E-state index in [1.165, 1.54) is 16.7 Å². The molecule has 4 heteroatoms. The van der Waals surface area contributed by atoms with Crippen LogP contribution in [0, 0.1) is 0 Å². The molecule has 0 spiro atoms. The van der Waals surface area contributed by atoms with Crippen molar-refractivity contribution in [2.45, 2.75) is 19.1 Å². The van der Waals surface area contributed by atoms with Crippen LogP contribution < -0.4 is 5.32 Å². The summed E-state index contributed by atoms with van der Waals surface area (Å²) in [6.07, 6.45) is 1.70. The van der Waals surface area contributed by atoms with Gasteiger partial charge in [-0.3, -0.25) is 0 Å². The van der Waals surface area contributed by atoms with Gasteiger partial charge in [0.15, 0.2) is 0 Å².